The van der Waals surface area contributed by atoms with Crippen LogP contribution in [0.15, 0.2) is 36.4 Å². The number of nitro benzene ring substituents is 1. The first kappa shape index (κ1) is 17.4. The van der Waals surface area contributed by atoms with E-state index in [9.17, 15) is 19.3 Å². The van der Waals surface area contributed by atoms with Crippen LogP contribution in [0.25, 0.3) is 0 Å². The van der Waals surface area contributed by atoms with Crippen LogP contribution in [0.5, 0.6) is 5.75 Å². The van der Waals surface area contributed by atoms with Crippen LogP contribution in [0.4, 0.5) is 10.1 Å². The fraction of sp³-hybridized carbons (Fsp3) is 0.235. The van der Waals surface area contributed by atoms with Crippen molar-refractivity contribution in [3.05, 3.63) is 69.0 Å². The molecule has 2 aromatic rings. The summed E-state index contributed by atoms with van der Waals surface area (Å²) in [6, 6.07) is 9.15. The van der Waals surface area contributed by atoms with Crippen LogP contribution in [0, 0.1) is 29.8 Å². The molecule has 1 amide bonds. The van der Waals surface area contributed by atoms with E-state index in [0.29, 0.717) is 16.7 Å². The number of aryl methyl sites for hydroxylation is 1. The monoisotopic (exact) mass is 332 g/mol. The largest absolute Gasteiger partial charge is 0.483 e. The van der Waals surface area contributed by atoms with Crippen molar-refractivity contribution < 1.29 is 18.8 Å². The Balaban J connectivity index is 1.90. The molecule has 2 aromatic carbocycles. The van der Waals surface area contributed by atoms with Gasteiger partial charge in [0.05, 0.1) is 10.5 Å². The predicted molar refractivity (Wildman–Crippen MR) is 86.3 cm³/mol. The van der Waals surface area contributed by atoms with E-state index in [-0.39, 0.29) is 30.4 Å². The van der Waals surface area contributed by atoms with E-state index in [1.807, 2.05) is 0 Å². The smallest absolute Gasteiger partial charge is 0.276 e. The second-order valence-corrected chi connectivity index (χ2v) is 5.31. The predicted octanol–water partition coefficient (Wildman–Crippen LogP) is 3.05. The van der Waals surface area contributed by atoms with Gasteiger partial charge in [0.15, 0.2) is 6.61 Å². The summed E-state index contributed by atoms with van der Waals surface area (Å²) in [5, 5.41) is 13.5. The minimum absolute atomic E-state index is 0.0666. The zero-order valence-corrected chi connectivity index (χ0v) is 13.3. The molecule has 0 radical (unpaired) electrons. The summed E-state index contributed by atoms with van der Waals surface area (Å²) in [5.41, 5.74) is 1.46. The number of carbonyl (C=O) groups is 1. The average Bonchev–Trinajstić information content (AvgIpc) is 2.54. The zero-order chi connectivity index (χ0) is 17.7. The summed E-state index contributed by atoms with van der Waals surface area (Å²) in [7, 11) is 0. The minimum Gasteiger partial charge on any atom is -0.483 e. The number of hydrogen-bond acceptors (Lipinski definition) is 4. The van der Waals surface area contributed by atoms with Gasteiger partial charge in [0.1, 0.15) is 11.6 Å². The van der Waals surface area contributed by atoms with E-state index in [1.165, 1.54) is 18.2 Å². The summed E-state index contributed by atoms with van der Waals surface area (Å²) in [6.07, 6.45) is 0. The topological polar surface area (TPSA) is 81.5 Å². The van der Waals surface area contributed by atoms with Gasteiger partial charge in [-0.1, -0.05) is 18.2 Å². The molecule has 0 atom stereocenters. The van der Waals surface area contributed by atoms with Crippen molar-refractivity contribution in [1.29, 1.82) is 0 Å². The van der Waals surface area contributed by atoms with Crippen LogP contribution in [0.2, 0.25) is 0 Å². The lowest BCUT2D eigenvalue weighted by Gasteiger charge is -2.10. The van der Waals surface area contributed by atoms with Gasteiger partial charge in [-0.3, -0.25) is 14.9 Å². The molecule has 0 fully saturated rings. The van der Waals surface area contributed by atoms with E-state index in [4.69, 9.17) is 4.74 Å². The fourth-order valence-corrected chi connectivity index (χ4v) is 2.10. The molecule has 24 heavy (non-hydrogen) atoms. The lowest BCUT2D eigenvalue weighted by molar-refractivity contribution is -0.385. The molecule has 6 nitrogen and oxygen atoms in total. The molecule has 126 valence electrons. The highest BCUT2D eigenvalue weighted by Crippen LogP contribution is 2.26. The molecule has 0 aliphatic heterocycles. The molecule has 0 bridgehead atoms. The van der Waals surface area contributed by atoms with Crippen LogP contribution < -0.4 is 10.1 Å². The van der Waals surface area contributed by atoms with Crippen LogP contribution in [0.1, 0.15) is 16.7 Å². The van der Waals surface area contributed by atoms with Gasteiger partial charge in [0.25, 0.3) is 11.6 Å². The third kappa shape index (κ3) is 4.28. The fourth-order valence-electron chi connectivity index (χ4n) is 2.10. The van der Waals surface area contributed by atoms with Crippen LogP contribution >= 0.6 is 0 Å². The van der Waals surface area contributed by atoms with Crippen molar-refractivity contribution in [1.82, 2.24) is 5.32 Å². The van der Waals surface area contributed by atoms with Crippen LogP contribution in [0.3, 0.4) is 0 Å². The number of benzene rings is 2. The number of nitro groups is 1. The quantitative estimate of drug-likeness (QED) is 0.651. The Morgan fingerprint density at radius 1 is 1.29 bits per heavy atom. The molecule has 0 aromatic heterocycles. The van der Waals surface area contributed by atoms with Crippen molar-refractivity contribution in [2.24, 2.45) is 0 Å². The summed E-state index contributed by atoms with van der Waals surface area (Å²) >= 11 is 0. The van der Waals surface area contributed by atoms with Gasteiger partial charge < -0.3 is 10.1 Å². The maximum Gasteiger partial charge on any atom is 0.276 e. The van der Waals surface area contributed by atoms with Crippen molar-refractivity contribution in [2.45, 2.75) is 20.4 Å². The van der Waals surface area contributed by atoms with Gasteiger partial charge in [0.2, 0.25) is 0 Å². The third-order valence-corrected chi connectivity index (χ3v) is 3.54. The van der Waals surface area contributed by atoms with E-state index < -0.39 is 10.8 Å². The van der Waals surface area contributed by atoms with Gasteiger partial charge in [-0.25, -0.2) is 4.39 Å². The van der Waals surface area contributed by atoms with E-state index >= 15 is 0 Å². The Hall–Kier alpha value is -2.96. The Labute approximate surface area is 138 Å². The van der Waals surface area contributed by atoms with Gasteiger partial charge in [-0.15, -0.1) is 0 Å². The Morgan fingerprint density at radius 3 is 2.71 bits per heavy atom. The van der Waals surface area contributed by atoms with E-state index in [2.05, 4.69) is 5.32 Å². The second kappa shape index (κ2) is 7.54. The first-order valence-electron chi connectivity index (χ1n) is 7.27. The van der Waals surface area contributed by atoms with Gasteiger partial charge in [0, 0.05) is 12.6 Å². The molecular weight excluding hydrogens is 315 g/mol. The number of hydrogen-bond donors (Lipinski definition) is 1. The van der Waals surface area contributed by atoms with E-state index in [0.717, 1.165) is 0 Å². The zero-order valence-electron chi connectivity index (χ0n) is 13.3. The SMILES string of the molecule is Cc1ccc(CNC(=O)COc2cccc([N+](=O)[O-])c2C)cc1F. The molecule has 7 heteroatoms. The second-order valence-electron chi connectivity index (χ2n) is 5.31. The summed E-state index contributed by atoms with van der Waals surface area (Å²) in [6.45, 7) is 3.11. The molecule has 0 aliphatic rings. The first-order valence-corrected chi connectivity index (χ1v) is 7.27. The molecule has 0 saturated carbocycles. The molecular formula is C17H17FN2O4. The third-order valence-electron chi connectivity index (χ3n) is 3.54. The molecule has 1 N–H and O–H groups in total. The van der Waals surface area contributed by atoms with Gasteiger partial charge >= 0.3 is 0 Å². The summed E-state index contributed by atoms with van der Waals surface area (Å²) in [5.74, 6) is -0.451. The molecule has 0 aliphatic carbocycles. The highest BCUT2D eigenvalue weighted by Gasteiger charge is 2.15. The normalized spacial score (nSPS) is 10.3. The van der Waals surface area contributed by atoms with E-state index in [1.54, 1.807) is 32.0 Å². The standard InChI is InChI=1S/C17H17FN2O4/c1-11-6-7-13(8-14(11)18)9-19-17(21)10-24-16-5-3-4-15(12(16)2)20(22)23/h3-8H,9-10H2,1-2H3,(H,19,21). The van der Waals surface area contributed by atoms with Crippen LogP contribution in [-0.2, 0) is 11.3 Å². The summed E-state index contributed by atoms with van der Waals surface area (Å²) < 4.78 is 18.8. The Bertz CT molecular complexity index is 777. The molecule has 0 saturated heterocycles. The lowest BCUT2D eigenvalue weighted by atomic mass is 10.1. The maximum atomic E-state index is 13.4. The lowest BCUT2D eigenvalue weighted by Crippen LogP contribution is -2.28. The van der Waals surface area contributed by atoms with Gasteiger partial charge in [-0.2, -0.15) is 0 Å². The molecule has 0 heterocycles. The number of carbonyl (C=O) groups excluding carboxylic acids is 1. The highest BCUT2D eigenvalue weighted by atomic mass is 19.1. The van der Waals surface area contributed by atoms with Crippen LogP contribution in [-0.4, -0.2) is 17.4 Å². The number of nitrogens with zero attached hydrogens (tertiary/aromatic N) is 1. The number of rotatable bonds is 6. The number of amides is 1. The minimum atomic E-state index is -0.506. The Kier molecular flexibility index (Phi) is 5.47. The molecule has 0 unspecified atom stereocenters. The van der Waals surface area contributed by atoms with Gasteiger partial charge in [-0.05, 0) is 37.1 Å². The number of ether oxygens (including phenoxy) is 1. The van der Waals surface area contributed by atoms with Crippen molar-refractivity contribution in [2.75, 3.05) is 6.61 Å². The van der Waals surface area contributed by atoms with Crippen molar-refractivity contribution >= 4 is 11.6 Å². The highest BCUT2D eigenvalue weighted by molar-refractivity contribution is 5.77. The number of halogens is 1. The Morgan fingerprint density at radius 2 is 2.04 bits per heavy atom. The molecule has 2 rings (SSSR count). The van der Waals surface area contributed by atoms with Crippen molar-refractivity contribution in [3.8, 4) is 5.75 Å². The average molecular weight is 332 g/mol. The number of nitrogens with one attached hydrogen (secondary N) is 1. The maximum absolute atomic E-state index is 13.4. The summed E-state index contributed by atoms with van der Waals surface area (Å²) in [4.78, 5) is 22.2. The molecule has 0 spiro atoms. The van der Waals surface area contributed by atoms with Crippen molar-refractivity contribution in [3.63, 3.8) is 0 Å². The first-order chi connectivity index (χ1) is 11.4.